The first-order valence-electron chi connectivity index (χ1n) is 12.5. The summed E-state index contributed by atoms with van der Waals surface area (Å²) in [5, 5.41) is 0. The summed E-state index contributed by atoms with van der Waals surface area (Å²) < 4.78 is 0. The Morgan fingerprint density at radius 2 is 0.865 bits per heavy atom. The van der Waals surface area contributed by atoms with Gasteiger partial charge in [-0.15, -0.1) is 0 Å². The summed E-state index contributed by atoms with van der Waals surface area (Å²) in [4.78, 5) is 15.0. The fraction of sp³-hybridized carbons (Fsp3) is 0.0294. The predicted molar refractivity (Wildman–Crippen MR) is 150 cm³/mol. The largest absolute Gasteiger partial charge is 0.208 e. The molecule has 0 saturated heterocycles. The molecule has 1 aliphatic carbocycles. The molecule has 0 saturated carbocycles. The average molecular weight is 474 g/mol. The summed E-state index contributed by atoms with van der Waals surface area (Å²) in [6, 6.07) is 44.1. The normalized spacial score (nSPS) is 11.7. The molecule has 0 aliphatic heterocycles. The highest BCUT2D eigenvalue weighted by Gasteiger charge is 2.25. The second-order valence-electron chi connectivity index (χ2n) is 9.29. The first kappa shape index (κ1) is 21.4. The van der Waals surface area contributed by atoms with Crippen molar-refractivity contribution in [3.63, 3.8) is 0 Å². The van der Waals surface area contributed by atoms with Crippen molar-refractivity contribution in [3.8, 4) is 56.4 Å². The number of aromatic nitrogens is 3. The smallest absolute Gasteiger partial charge is 0.164 e. The maximum Gasteiger partial charge on any atom is 0.164 e. The zero-order valence-corrected chi connectivity index (χ0v) is 20.2. The standard InChI is InChI=1S/C34H23N3/c1-4-12-23(13-5-1)27-21-29-28-19-11-10-18-26(28)20-30(29)31(22-27)34-36-32(24-14-6-2-7-15-24)35-33(37-34)25-16-8-3-9-17-25/h1-19,21-22H,20H2. The van der Waals surface area contributed by atoms with Gasteiger partial charge in [0.25, 0.3) is 0 Å². The molecule has 1 aliphatic rings. The van der Waals surface area contributed by atoms with Gasteiger partial charge in [-0.3, -0.25) is 0 Å². The van der Waals surface area contributed by atoms with Gasteiger partial charge in [0.15, 0.2) is 17.5 Å². The Hall–Kier alpha value is -4.89. The van der Waals surface area contributed by atoms with Crippen molar-refractivity contribution in [3.05, 3.63) is 139 Å². The maximum absolute atomic E-state index is 5.05. The Morgan fingerprint density at radius 3 is 1.49 bits per heavy atom. The minimum Gasteiger partial charge on any atom is -0.208 e. The molecule has 0 radical (unpaired) electrons. The van der Waals surface area contributed by atoms with Crippen LogP contribution in [0.1, 0.15) is 11.1 Å². The third kappa shape index (κ3) is 3.91. The summed E-state index contributed by atoms with van der Waals surface area (Å²) in [6.45, 7) is 0. The molecule has 0 fully saturated rings. The Morgan fingerprint density at radius 1 is 0.378 bits per heavy atom. The molecule has 0 bridgehead atoms. The molecule has 0 atom stereocenters. The second-order valence-corrected chi connectivity index (χ2v) is 9.29. The van der Waals surface area contributed by atoms with E-state index in [0.717, 1.165) is 28.7 Å². The first-order chi connectivity index (χ1) is 18.3. The fourth-order valence-electron chi connectivity index (χ4n) is 5.16. The number of benzene rings is 5. The van der Waals surface area contributed by atoms with Crippen LogP contribution >= 0.6 is 0 Å². The van der Waals surface area contributed by atoms with Crippen LogP contribution in [0.4, 0.5) is 0 Å². The molecule has 0 N–H and O–H groups in total. The van der Waals surface area contributed by atoms with Crippen molar-refractivity contribution in [2.45, 2.75) is 6.42 Å². The zero-order chi connectivity index (χ0) is 24.6. The van der Waals surface area contributed by atoms with Gasteiger partial charge in [-0.1, -0.05) is 115 Å². The maximum atomic E-state index is 5.05. The van der Waals surface area contributed by atoms with E-state index >= 15 is 0 Å². The van der Waals surface area contributed by atoms with Crippen LogP contribution in [-0.2, 0) is 6.42 Å². The monoisotopic (exact) mass is 473 g/mol. The number of hydrogen-bond donors (Lipinski definition) is 0. The van der Waals surface area contributed by atoms with Crippen LogP contribution < -0.4 is 0 Å². The van der Waals surface area contributed by atoms with E-state index < -0.39 is 0 Å². The Bertz CT molecular complexity index is 1670. The molecule has 174 valence electrons. The van der Waals surface area contributed by atoms with Gasteiger partial charge in [0.1, 0.15) is 0 Å². The van der Waals surface area contributed by atoms with Gasteiger partial charge in [-0.05, 0) is 51.9 Å². The third-order valence-electron chi connectivity index (χ3n) is 6.97. The molecule has 37 heavy (non-hydrogen) atoms. The number of rotatable bonds is 4. The van der Waals surface area contributed by atoms with Crippen molar-refractivity contribution in [2.24, 2.45) is 0 Å². The van der Waals surface area contributed by atoms with Crippen LogP contribution in [0.2, 0.25) is 0 Å². The van der Waals surface area contributed by atoms with E-state index in [9.17, 15) is 0 Å². The van der Waals surface area contributed by atoms with Gasteiger partial charge < -0.3 is 0 Å². The van der Waals surface area contributed by atoms with E-state index in [1.807, 2.05) is 36.4 Å². The van der Waals surface area contributed by atoms with E-state index in [1.54, 1.807) is 0 Å². The molecule has 6 aromatic rings. The van der Waals surface area contributed by atoms with E-state index in [1.165, 1.54) is 27.8 Å². The molecular weight excluding hydrogens is 450 g/mol. The van der Waals surface area contributed by atoms with Crippen LogP contribution in [0, 0.1) is 0 Å². The lowest BCUT2D eigenvalue weighted by molar-refractivity contribution is 1.07. The Balaban J connectivity index is 1.50. The van der Waals surface area contributed by atoms with Gasteiger partial charge in [0, 0.05) is 16.7 Å². The lowest BCUT2D eigenvalue weighted by Gasteiger charge is -2.14. The van der Waals surface area contributed by atoms with Crippen molar-refractivity contribution in [2.75, 3.05) is 0 Å². The predicted octanol–water partition coefficient (Wildman–Crippen LogP) is 8.11. The third-order valence-corrected chi connectivity index (χ3v) is 6.97. The van der Waals surface area contributed by atoms with Crippen molar-refractivity contribution in [1.82, 2.24) is 15.0 Å². The Kier molecular flexibility index (Phi) is 5.18. The highest BCUT2D eigenvalue weighted by atomic mass is 15.0. The topological polar surface area (TPSA) is 38.7 Å². The SMILES string of the molecule is c1ccc(-c2cc(-c3nc(-c4ccccc4)nc(-c4ccccc4)n3)c3c(c2)-c2ccccc2C3)cc1. The number of nitrogens with zero attached hydrogens (tertiary/aromatic N) is 3. The first-order valence-corrected chi connectivity index (χ1v) is 12.5. The van der Waals surface area contributed by atoms with E-state index in [0.29, 0.717) is 17.5 Å². The van der Waals surface area contributed by atoms with Gasteiger partial charge in [0.2, 0.25) is 0 Å². The van der Waals surface area contributed by atoms with E-state index in [2.05, 4.69) is 91.0 Å². The van der Waals surface area contributed by atoms with Gasteiger partial charge in [0.05, 0.1) is 0 Å². The number of hydrogen-bond acceptors (Lipinski definition) is 3. The molecule has 0 spiro atoms. The molecule has 0 amide bonds. The van der Waals surface area contributed by atoms with E-state index in [4.69, 9.17) is 15.0 Å². The van der Waals surface area contributed by atoms with Crippen molar-refractivity contribution < 1.29 is 0 Å². The van der Waals surface area contributed by atoms with Crippen LogP contribution in [0.5, 0.6) is 0 Å². The highest BCUT2D eigenvalue weighted by molar-refractivity contribution is 5.88. The van der Waals surface area contributed by atoms with E-state index in [-0.39, 0.29) is 0 Å². The summed E-state index contributed by atoms with van der Waals surface area (Å²) in [6.07, 6.45) is 0.864. The van der Waals surface area contributed by atoms with Gasteiger partial charge in [-0.2, -0.15) is 0 Å². The molecule has 0 unspecified atom stereocenters. The number of fused-ring (bicyclic) bond motifs is 3. The van der Waals surface area contributed by atoms with Crippen molar-refractivity contribution >= 4 is 0 Å². The molecule has 1 heterocycles. The molecule has 7 rings (SSSR count). The summed E-state index contributed by atoms with van der Waals surface area (Å²) in [7, 11) is 0. The zero-order valence-electron chi connectivity index (χ0n) is 20.2. The molecule has 3 heteroatoms. The quantitative estimate of drug-likeness (QED) is 0.259. The highest BCUT2D eigenvalue weighted by Crippen LogP contribution is 2.44. The van der Waals surface area contributed by atoms with Crippen LogP contribution in [0.3, 0.4) is 0 Å². The van der Waals surface area contributed by atoms with Gasteiger partial charge in [-0.25, -0.2) is 15.0 Å². The van der Waals surface area contributed by atoms with Crippen molar-refractivity contribution in [1.29, 1.82) is 0 Å². The van der Waals surface area contributed by atoms with Gasteiger partial charge >= 0.3 is 0 Å². The lowest BCUT2D eigenvalue weighted by atomic mass is 9.94. The van der Waals surface area contributed by atoms with Crippen LogP contribution in [0.15, 0.2) is 127 Å². The second kappa shape index (κ2) is 8.96. The lowest BCUT2D eigenvalue weighted by Crippen LogP contribution is -2.02. The fourth-order valence-corrected chi connectivity index (χ4v) is 5.16. The van der Waals surface area contributed by atoms with Crippen LogP contribution in [0.25, 0.3) is 56.4 Å². The molecule has 5 aromatic carbocycles. The molecule has 3 nitrogen and oxygen atoms in total. The summed E-state index contributed by atoms with van der Waals surface area (Å²) in [5.41, 5.74) is 10.5. The summed E-state index contributed by atoms with van der Waals surface area (Å²) in [5.74, 6) is 2.06. The minimum atomic E-state index is 0.679. The Labute approximate surface area is 216 Å². The average Bonchev–Trinajstić information content (AvgIpc) is 3.36. The van der Waals surface area contributed by atoms with Crippen LogP contribution in [-0.4, -0.2) is 15.0 Å². The summed E-state index contributed by atoms with van der Waals surface area (Å²) >= 11 is 0. The molecular formula is C34H23N3. The molecule has 1 aromatic heterocycles. The minimum absolute atomic E-state index is 0.679.